The van der Waals surface area contributed by atoms with Gasteiger partial charge in [-0.3, -0.25) is 0 Å². The van der Waals surface area contributed by atoms with E-state index in [9.17, 15) is 8.42 Å². The second kappa shape index (κ2) is 5.72. The molecule has 0 spiro atoms. The van der Waals surface area contributed by atoms with Crippen LogP contribution in [0.4, 0.5) is 0 Å². The summed E-state index contributed by atoms with van der Waals surface area (Å²) in [6.45, 7) is 3.28. The van der Waals surface area contributed by atoms with Crippen LogP contribution >= 0.6 is 0 Å². The molecule has 0 N–H and O–H groups in total. The molecule has 1 heterocycles. The Labute approximate surface area is 114 Å². The summed E-state index contributed by atoms with van der Waals surface area (Å²) in [5.74, 6) is 0.418. The van der Waals surface area contributed by atoms with Gasteiger partial charge in [-0.2, -0.15) is 9.57 Å². The minimum Gasteiger partial charge on any atom is -0.207 e. The fraction of sp³-hybridized carbons (Fsp3) is 0.500. The van der Waals surface area contributed by atoms with Crippen molar-refractivity contribution in [2.45, 2.75) is 31.1 Å². The predicted octanol–water partition coefficient (Wildman–Crippen LogP) is 2.17. The lowest BCUT2D eigenvalue weighted by Gasteiger charge is -2.30. The summed E-state index contributed by atoms with van der Waals surface area (Å²) < 4.78 is 26.5. The average Bonchev–Trinajstić information content (AvgIpc) is 2.40. The van der Waals surface area contributed by atoms with Gasteiger partial charge in [0.2, 0.25) is 10.0 Å². The van der Waals surface area contributed by atoms with Gasteiger partial charge in [0.15, 0.2) is 0 Å². The normalized spacial score (nSPS) is 20.9. The van der Waals surface area contributed by atoms with E-state index in [1.807, 2.05) is 0 Å². The van der Waals surface area contributed by atoms with Crippen LogP contribution in [0.15, 0.2) is 29.2 Å². The summed E-state index contributed by atoms with van der Waals surface area (Å²) in [6.07, 6.45) is 2.32. The van der Waals surface area contributed by atoms with Crippen LogP contribution in [0.2, 0.25) is 0 Å². The highest BCUT2D eigenvalue weighted by Gasteiger charge is 2.28. The highest BCUT2D eigenvalue weighted by Crippen LogP contribution is 2.23. The van der Waals surface area contributed by atoms with Crippen LogP contribution in [-0.2, 0) is 16.4 Å². The lowest BCUT2D eigenvalue weighted by atomic mass is 10.0. The molecule has 1 unspecified atom stereocenters. The lowest BCUT2D eigenvalue weighted by molar-refractivity contribution is 0.281. The van der Waals surface area contributed by atoms with Crippen LogP contribution in [0.3, 0.4) is 0 Å². The Morgan fingerprint density at radius 1 is 1.37 bits per heavy atom. The molecule has 19 heavy (non-hydrogen) atoms. The van der Waals surface area contributed by atoms with Crippen molar-refractivity contribution in [3.8, 4) is 6.07 Å². The molecule has 0 amide bonds. The molecule has 1 aromatic rings. The van der Waals surface area contributed by atoms with Crippen molar-refractivity contribution in [2.24, 2.45) is 5.92 Å². The second-order valence-electron chi connectivity index (χ2n) is 5.09. The molecule has 1 fully saturated rings. The molecule has 2 rings (SSSR count). The van der Waals surface area contributed by atoms with Gasteiger partial charge in [-0.05, 0) is 36.5 Å². The fourth-order valence-electron chi connectivity index (χ4n) is 2.38. The van der Waals surface area contributed by atoms with Gasteiger partial charge in [0.25, 0.3) is 0 Å². The highest BCUT2D eigenvalue weighted by molar-refractivity contribution is 7.89. The van der Waals surface area contributed by atoms with E-state index in [4.69, 9.17) is 5.26 Å². The molecule has 1 saturated heterocycles. The average molecular weight is 278 g/mol. The maximum absolute atomic E-state index is 12.5. The maximum atomic E-state index is 12.5. The standard InChI is InChI=1S/C14H18N2O2S/c1-12-3-2-10-16(11-12)19(17,18)14-6-4-13(5-7-14)8-9-15/h4-7,12H,2-3,8,10-11H2,1H3. The van der Waals surface area contributed by atoms with Crippen molar-refractivity contribution >= 4 is 10.0 Å². The third-order valence-corrected chi connectivity index (χ3v) is 5.34. The Morgan fingerprint density at radius 2 is 2.05 bits per heavy atom. The maximum Gasteiger partial charge on any atom is 0.243 e. The third kappa shape index (κ3) is 3.14. The summed E-state index contributed by atoms with van der Waals surface area (Å²) in [5.41, 5.74) is 0.841. The highest BCUT2D eigenvalue weighted by atomic mass is 32.2. The monoisotopic (exact) mass is 278 g/mol. The van der Waals surface area contributed by atoms with Crippen molar-refractivity contribution < 1.29 is 8.42 Å². The van der Waals surface area contributed by atoms with E-state index in [0.717, 1.165) is 18.4 Å². The number of sulfonamides is 1. The smallest absolute Gasteiger partial charge is 0.207 e. The van der Waals surface area contributed by atoms with Crippen LogP contribution < -0.4 is 0 Å². The topological polar surface area (TPSA) is 61.2 Å². The molecule has 0 saturated carbocycles. The van der Waals surface area contributed by atoms with Gasteiger partial charge in [0, 0.05) is 13.1 Å². The molecule has 1 aliphatic heterocycles. The summed E-state index contributed by atoms with van der Waals surface area (Å²) in [7, 11) is -3.38. The Morgan fingerprint density at radius 3 is 2.63 bits per heavy atom. The van der Waals surface area contributed by atoms with Crippen LogP contribution in [-0.4, -0.2) is 25.8 Å². The first-order chi connectivity index (χ1) is 9.04. The Kier molecular flexibility index (Phi) is 4.23. The van der Waals surface area contributed by atoms with Crippen LogP contribution in [0.25, 0.3) is 0 Å². The number of nitriles is 1. The molecular formula is C14H18N2O2S. The predicted molar refractivity (Wildman–Crippen MR) is 72.9 cm³/mol. The Hall–Kier alpha value is -1.38. The van der Waals surface area contributed by atoms with E-state index >= 15 is 0 Å². The first kappa shape index (κ1) is 14.0. The number of nitrogens with zero attached hydrogens (tertiary/aromatic N) is 2. The summed E-state index contributed by atoms with van der Waals surface area (Å²) in [5, 5.41) is 8.61. The first-order valence-electron chi connectivity index (χ1n) is 6.50. The molecule has 0 radical (unpaired) electrons. The lowest BCUT2D eigenvalue weighted by Crippen LogP contribution is -2.39. The minimum absolute atomic E-state index is 0.307. The largest absolute Gasteiger partial charge is 0.243 e. The van der Waals surface area contributed by atoms with Gasteiger partial charge >= 0.3 is 0 Å². The second-order valence-corrected chi connectivity index (χ2v) is 7.03. The SMILES string of the molecule is CC1CCCN(S(=O)(=O)c2ccc(CC#N)cc2)C1. The van der Waals surface area contributed by atoms with Gasteiger partial charge < -0.3 is 0 Å². The van der Waals surface area contributed by atoms with Crippen molar-refractivity contribution in [3.05, 3.63) is 29.8 Å². The Balaban J connectivity index is 2.21. The molecule has 102 valence electrons. The van der Waals surface area contributed by atoms with Gasteiger partial charge in [-0.25, -0.2) is 8.42 Å². The number of hydrogen-bond donors (Lipinski definition) is 0. The summed E-state index contributed by atoms with van der Waals surface area (Å²) in [4.78, 5) is 0.322. The molecule has 0 aromatic heterocycles. The van der Waals surface area contributed by atoms with Crippen LogP contribution in [0.5, 0.6) is 0 Å². The van der Waals surface area contributed by atoms with E-state index in [-0.39, 0.29) is 0 Å². The number of benzene rings is 1. The van der Waals surface area contributed by atoms with Gasteiger partial charge in [-0.15, -0.1) is 0 Å². The van der Waals surface area contributed by atoms with Gasteiger partial charge in [-0.1, -0.05) is 19.1 Å². The fourth-order valence-corrected chi connectivity index (χ4v) is 3.98. The molecule has 1 aliphatic rings. The van der Waals surface area contributed by atoms with Gasteiger partial charge in [0.1, 0.15) is 0 Å². The number of rotatable bonds is 3. The molecule has 1 atom stereocenters. The van der Waals surface area contributed by atoms with Crippen LogP contribution in [0.1, 0.15) is 25.3 Å². The molecule has 0 aliphatic carbocycles. The third-order valence-electron chi connectivity index (χ3n) is 3.46. The first-order valence-corrected chi connectivity index (χ1v) is 7.94. The van der Waals surface area contributed by atoms with Gasteiger partial charge in [0.05, 0.1) is 17.4 Å². The van der Waals surface area contributed by atoms with Crippen molar-refractivity contribution in [1.29, 1.82) is 5.26 Å². The van der Waals surface area contributed by atoms with E-state index in [0.29, 0.717) is 30.3 Å². The number of piperidine rings is 1. The van der Waals surface area contributed by atoms with E-state index < -0.39 is 10.0 Å². The zero-order valence-corrected chi connectivity index (χ0v) is 11.9. The quantitative estimate of drug-likeness (QED) is 0.851. The molecule has 5 heteroatoms. The number of hydrogen-bond acceptors (Lipinski definition) is 3. The molecule has 4 nitrogen and oxygen atoms in total. The van der Waals surface area contributed by atoms with E-state index in [1.54, 1.807) is 28.6 Å². The molecule has 0 bridgehead atoms. The Bertz CT molecular complexity index is 572. The molecule has 1 aromatic carbocycles. The summed E-state index contributed by atoms with van der Waals surface area (Å²) in [6, 6.07) is 8.67. The van der Waals surface area contributed by atoms with Crippen molar-refractivity contribution in [2.75, 3.05) is 13.1 Å². The minimum atomic E-state index is -3.38. The van der Waals surface area contributed by atoms with Crippen molar-refractivity contribution in [1.82, 2.24) is 4.31 Å². The molecular weight excluding hydrogens is 260 g/mol. The zero-order chi connectivity index (χ0) is 13.9. The van der Waals surface area contributed by atoms with Crippen molar-refractivity contribution in [3.63, 3.8) is 0 Å². The zero-order valence-electron chi connectivity index (χ0n) is 11.0. The van der Waals surface area contributed by atoms with E-state index in [1.165, 1.54) is 0 Å². The van der Waals surface area contributed by atoms with E-state index in [2.05, 4.69) is 13.0 Å². The van der Waals surface area contributed by atoms with Crippen LogP contribution in [0, 0.1) is 17.2 Å². The summed E-state index contributed by atoms with van der Waals surface area (Å²) >= 11 is 0.